The van der Waals surface area contributed by atoms with Crippen LogP contribution in [-0.2, 0) is 0 Å². The van der Waals surface area contributed by atoms with Crippen molar-refractivity contribution in [3.05, 3.63) is 23.8 Å². The molecule has 0 amide bonds. The molecule has 0 spiro atoms. The van der Waals surface area contributed by atoms with Crippen molar-refractivity contribution in [3.8, 4) is 0 Å². The van der Waals surface area contributed by atoms with Crippen LogP contribution in [-0.4, -0.2) is 13.3 Å². The average molecular weight is 350 g/mol. The second-order valence-electron chi connectivity index (χ2n) is 6.63. The molecule has 2 heteroatoms. The van der Waals surface area contributed by atoms with Crippen LogP contribution in [0.5, 0.6) is 0 Å². The predicted molar refractivity (Wildman–Crippen MR) is 100 cm³/mol. The summed E-state index contributed by atoms with van der Waals surface area (Å²) in [5, 5.41) is 4.43. The number of nitrogen functional groups attached to an aromatic ring is 1. The van der Waals surface area contributed by atoms with E-state index in [1.54, 1.807) is 4.40 Å². The third-order valence-corrected chi connectivity index (χ3v) is 16.5. The maximum atomic E-state index is 6.53. The Balaban J connectivity index is 3.19. The fourth-order valence-electron chi connectivity index (χ4n) is 3.47. The van der Waals surface area contributed by atoms with Crippen LogP contribution in [0.15, 0.2) is 18.2 Å². The molecule has 0 aliphatic rings. The maximum absolute atomic E-state index is 6.53. The van der Waals surface area contributed by atoms with E-state index in [0.29, 0.717) is 0 Å². The number of para-hydroxylation sites is 1. The van der Waals surface area contributed by atoms with E-state index in [0.717, 1.165) is 5.69 Å². The van der Waals surface area contributed by atoms with Gasteiger partial charge in [0.1, 0.15) is 0 Å². The molecule has 1 nitrogen and oxygen atoms in total. The summed E-state index contributed by atoms with van der Waals surface area (Å²) in [6.45, 7) is 9.15. The molecule has 0 aliphatic carbocycles. The molecule has 0 saturated carbocycles. The van der Waals surface area contributed by atoms with Gasteiger partial charge < -0.3 is 0 Å². The van der Waals surface area contributed by atoms with Crippen LogP contribution in [0, 0.1) is 6.92 Å². The average Bonchev–Trinajstić information content (AvgIpc) is 2.50. The van der Waals surface area contributed by atoms with Gasteiger partial charge in [-0.1, -0.05) is 0 Å². The van der Waals surface area contributed by atoms with Crippen LogP contribution in [0.1, 0.15) is 64.9 Å². The minimum absolute atomic E-state index is 1.13. The zero-order valence-corrected chi connectivity index (χ0v) is 16.8. The van der Waals surface area contributed by atoms with Crippen molar-refractivity contribution in [2.24, 2.45) is 0 Å². The number of anilines is 1. The Morgan fingerprint density at radius 2 is 1.33 bits per heavy atom. The molecule has 0 radical (unpaired) electrons. The van der Waals surface area contributed by atoms with Crippen LogP contribution in [0.3, 0.4) is 0 Å². The van der Waals surface area contributed by atoms with Gasteiger partial charge >= 0.3 is 135 Å². The molecule has 0 fully saturated rings. The van der Waals surface area contributed by atoms with Gasteiger partial charge in [0, 0.05) is 0 Å². The summed E-state index contributed by atoms with van der Waals surface area (Å²) in [6.07, 6.45) is 8.12. The van der Waals surface area contributed by atoms with Gasteiger partial charge in [-0.3, -0.25) is 0 Å². The molecule has 120 valence electrons. The summed E-state index contributed by atoms with van der Waals surface area (Å²) in [5.74, 6) is 0. The van der Waals surface area contributed by atoms with E-state index in [-0.39, 0.29) is 0 Å². The zero-order chi connectivity index (χ0) is 15.7. The number of rotatable bonds is 10. The molecular weight excluding hydrogens is 315 g/mol. The van der Waals surface area contributed by atoms with Gasteiger partial charge in [0.2, 0.25) is 0 Å². The van der Waals surface area contributed by atoms with E-state index in [1.165, 1.54) is 59.8 Å². The van der Waals surface area contributed by atoms with E-state index < -0.39 is 13.3 Å². The second-order valence-corrected chi connectivity index (χ2v) is 16.3. The van der Waals surface area contributed by atoms with Gasteiger partial charge in [-0.2, -0.15) is 0 Å². The Morgan fingerprint density at radius 3 is 1.76 bits per heavy atom. The van der Waals surface area contributed by atoms with Crippen molar-refractivity contribution in [3.63, 3.8) is 0 Å². The fourth-order valence-corrected chi connectivity index (χ4v) is 15.8. The first-order chi connectivity index (χ1) is 10.1. The van der Waals surface area contributed by atoms with Gasteiger partial charge in [-0.15, -0.1) is 0 Å². The van der Waals surface area contributed by atoms with E-state index in [1.807, 2.05) is 0 Å². The number of aryl methyl sites for hydroxylation is 1. The number of benzene rings is 1. The summed E-state index contributed by atoms with van der Waals surface area (Å²) in [5.41, 5.74) is 8.94. The number of hydrogen-bond donors (Lipinski definition) is 1. The molecular formula is C19H35GeN. The molecule has 1 aromatic rings. The zero-order valence-electron chi connectivity index (χ0n) is 14.7. The summed E-state index contributed by atoms with van der Waals surface area (Å²) >= 11 is -2.04. The normalized spacial score (nSPS) is 11.8. The first kappa shape index (κ1) is 18.6. The van der Waals surface area contributed by atoms with E-state index in [9.17, 15) is 0 Å². The van der Waals surface area contributed by atoms with Crippen molar-refractivity contribution >= 4 is 23.3 Å². The van der Waals surface area contributed by atoms with Crippen LogP contribution >= 0.6 is 0 Å². The van der Waals surface area contributed by atoms with E-state index >= 15 is 0 Å². The molecule has 0 aromatic heterocycles. The Kier molecular flexibility index (Phi) is 8.47. The molecule has 1 rings (SSSR count). The van der Waals surface area contributed by atoms with E-state index in [4.69, 9.17) is 5.73 Å². The van der Waals surface area contributed by atoms with E-state index in [2.05, 4.69) is 45.9 Å². The van der Waals surface area contributed by atoms with Crippen LogP contribution < -0.4 is 10.1 Å². The molecule has 0 bridgehead atoms. The second kappa shape index (κ2) is 9.55. The van der Waals surface area contributed by atoms with Crippen molar-refractivity contribution in [1.29, 1.82) is 0 Å². The van der Waals surface area contributed by atoms with Crippen molar-refractivity contribution in [2.75, 3.05) is 5.73 Å². The third-order valence-electron chi connectivity index (χ3n) is 4.92. The quantitative estimate of drug-likeness (QED) is 0.429. The minimum atomic E-state index is -2.04. The predicted octanol–water partition coefficient (Wildman–Crippen LogP) is 5.63. The molecule has 1 aromatic carbocycles. The van der Waals surface area contributed by atoms with Crippen molar-refractivity contribution < 1.29 is 0 Å². The fraction of sp³-hybridized carbons (Fsp3) is 0.684. The van der Waals surface area contributed by atoms with Gasteiger partial charge in [-0.25, -0.2) is 0 Å². The number of hydrogen-bond acceptors (Lipinski definition) is 1. The molecule has 0 unspecified atom stereocenters. The Morgan fingerprint density at radius 1 is 0.857 bits per heavy atom. The summed E-state index contributed by atoms with van der Waals surface area (Å²) < 4.78 is 1.62. The molecule has 0 saturated heterocycles. The van der Waals surface area contributed by atoms with Gasteiger partial charge in [0.15, 0.2) is 0 Å². The molecule has 0 atom stereocenters. The van der Waals surface area contributed by atoms with Crippen LogP contribution in [0.25, 0.3) is 0 Å². The standard InChI is InChI=1S/C19H35GeN/c1-5-8-14-20(15-9-6-2,16-10-7-3)18-13-11-12-17(4)19(18)21/h11-13H,5-10,14-16,21H2,1-4H3. The number of nitrogens with two attached hydrogens (primary N) is 1. The SMILES string of the molecule is CCC[CH2][Ge]([CH2]CCC)([CH2]CCC)[c]1cccc(C)c1N. The summed E-state index contributed by atoms with van der Waals surface area (Å²) in [4.78, 5) is 0. The molecule has 2 N–H and O–H groups in total. The summed E-state index contributed by atoms with van der Waals surface area (Å²) in [7, 11) is 0. The Labute approximate surface area is 135 Å². The molecule has 0 heterocycles. The first-order valence-electron chi connectivity index (χ1n) is 8.96. The third kappa shape index (κ3) is 5.05. The van der Waals surface area contributed by atoms with Crippen LogP contribution in [0.4, 0.5) is 5.69 Å². The van der Waals surface area contributed by atoms with Gasteiger partial charge in [0.25, 0.3) is 0 Å². The molecule has 0 aliphatic heterocycles. The topological polar surface area (TPSA) is 26.0 Å². The summed E-state index contributed by atoms with van der Waals surface area (Å²) in [6, 6.07) is 6.79. The first-order valence-corrected chi connectivity index (χ1v) is 14.5. The van der Waals surface area contributed by atoms with Crippen LogP contribution in [0.2, 0.25) is 15.8 Å². The monoisotopic (exact) mass is 351 g/mol. The molecule has 21 heavy (non-hydrogen) atoms. The Bertz CT molecular complexity index is 392. The Hall–Kier alpha value is -0.437. The van der Waals surface area contributed by atoms with Gasteiger partial charge in [0.05, 0.1) is 0 Å². The van der Waals surface area contributed by atoms with Crippen molar-refractivity contribution in [2.45, 2.75) is 82.0 Å². The van der Waals surface area contributed by atoms with Crippen molar-refractivity contribution in [1.82, 2.24) is 0 Å². The number of unbranched alkanes of at least 4 members (excludes halogenated alkanes) is 3. The van der Waals surface area contributed by atoms with Gasteiger partial charge in [-0.05, 0) is 0 Å².